The number of benzene rings is 3. The van der Waals surface area contributed by atoms with Crippen molar-refractivity contribution in [2.24, 2.45) is 0 Å². The minimum Gasteiger partial charge on any atom is -0.423 e. The van der Waals surface area contributed by atoms with Crippen LogP contribution in [-0.2, 0) is 19.2 Å². The van der Waals surface area contributed by atoms with Crippen LogP contribution in [0.4, 0.5) is 0 Å². The van der Waals surface area contributed by atoms with Crippen molar-refractivity contribution in [3.8, 4) is 46.0 Å². The van der Waals surface area contributed by atoms with Crippen LogP contribution in [0, 0.1) is 11.8 Å². The number of carbonyl (C=O) groups is 4. The molecule has 0 unspecified atom stereocenters. The highest BCUT2D eigenvalue weighted by Crippen LogP contribution is 2.41. The summed E-state index contributed by atoms with van der Waals surface area (Å²) in [6.07, 6.45) is 3.99. The molecular weight excluding hydrogens is 512 g/mol. The Morgan fingerprint density at radius 2 is 0.975 bits per heavy atom. The van der Waals surface area contributed by atoms with E-state index in [1.807, 2.05) is 0 Å². The van der Waals surface area contributed by atoms with Crippen LogP contribution in [0.5, 0.6) is 23.0 Å². The third-order valence-electron chi connectivity index (χ3n) is 4.98. The lowest BCUT2D eigenvalue weighted by atomic mass is 10.0. The van der Waals surface area contributed by atoms with Gasteiger partial charge in [0.15, 0.2) is 11.5 Å². The zero-order valence-electron chi connectivity index (χ0n) is 21.2. The van der Waals surface area contributed by atoms with Crippen molar-refractivity contribution in [3.63, 3.8) is 0 Å². The molecule has 8 heteroatoms. The van der Waals surface area contributed by atoms with Crippen molar-refractivity contribution in [1.82, 2.24) is 0 Å². The van der Waals surface area contributed by atoms with E-state index in [-0.39, 0.29) is 22.8 Å². The molecule has 0 aliphatic heterocycles. The molecule has 3 aromatic carbocycles. The van der Waals surface area contributed by atoms with Gasteiger partial charge in [-0.25, -0.2) is 19.2 Å². The Balaban J connectivity index is 2.10. The lowest BCUT2D eigenvalue weighted by molar-refractivity contribution is -0.131. The summed E-state index contributed by atoms with van der Waals surface area (Å²) in [5, 5.41) is 0. The van der Waals surface area contributed by atoms with Crippen molar-refractivity contribution in [3.05, 3.63) is 122 Å². The van der Waals surface area contributed by atoms with E-state index in [4.69, 9.17) is 18.9 Å². The quantitative estimate of drug-likeness (QED) is 0.161. The minimum atomic E-state index is -0.809. The number of ether oxygens (including phenoxy) is 4. The fourth-order valence-electron chi connectivity index (χ4n) is 3.14. The Hall–Kier alpha value is -5.94. The van der Waals surface area contributed by atoms with E-state index in [2.05, 4.69) is 38.2 Å². The lowest BCUT2D eigenvalue weighted by Gasteiger charge is -2.16. The normalized spacial score (nSPS) is 9.60. The fraction of sp³-hybridized carbons (Fsp3) is 0. The first-order valence-electron chi connectivity index (χ1n) is 11.5. The molecule has 0 saturated heterocycles. The summed E-state index contributed by atoms with van der Waals surface area (Å²) in [4.78, 5) is 47.4. The fourth-order valence-corrected chi connectivity index (χ4v) is 3.14. The first kappa shape index (κ1) is 28.6. The average Bonchev–Trinajstić information content (AvgIpc) is 2.98. The van der Waals surface area contributed by atoms with Crippen LogP contribution in [0.15, 0.2) is 111 Å². The van der Waals surface area contributed by atoms with Gasteiger partial charge in [0.05, 0.1) is 5.56 Å². The number of carbonyl (C=O) groups excluding carboxylic acids is 4. The highest BCUT2D eigenvalue weighted by atomic mass is 16.6. The van der Waals surface area contributed by atoms with Crippen molar-refractivity contribution in [1.29, 1.82) is 0 Å². The second-order valence-electron chi connectivity index (χ2n) is 7.62. The monoisotopic (exact) mass is 534 g/mol. The van der Waals surface area contributed by atoms with Gasteiger partial charge in [-0.2, -0.15) is 0 Å². The number of rotatable bonds is 9. The van der Waals surface area contributed by atoms with Gasteiger partial charge in [-0.1, -0.05) is 50.3 Å². The Morgan fingerprint density at radius 1 is 0.525 bits per heavy atom. The van der Waals surface area contributed by atoms with Crippen molar-refractivity contribution in [2.75, 3.05) is 0 Å². The van der Waals surface area contributed by atoms with Crippen molar-refractivity contribution in [2.45, 2.75) is 0 Å². The van der Waals surface area contributed by atoms with Crippen LogP contribution in [0.3, 0.4) is 0 Å². The van der Waals surface area contributed by atoms with Gasteiger partial charge in [-0.15, -0.1) is 0 Å². The number of hydrogen-bond acceptors (Lipinski definition) is 8. The zero-order chi connectivity index (χ0) is 29.1. The molecule has 0 N–H and O–H groups in total. The second kappa shape index (κ2) is 13.6. The van der Waals surface area contributed by atoms with E-state index in [0.717, 1.165) is 24.3 Å². The van der Waals surface area contributed by atoms with Crippen molar-refractivity contribution < 1.29 is 38.1 Å². The summed E-state index contributed by atoms with van der Waals surface area (Å²) in [6.45, 7) is 13.5. The molecule has 0 spiro atoms. The van der Waals surface area contributed by atoms with Crippen LogP contribution in [0.2, 0.25) is 0 Å². The van der Waals surface area contributed by atoms with Gasteiger partial charge < -0.3 is 18.9 Å². The van der Waals surface area contributed by atoms with Crippen LogP contribution in [0.25, 0.3) is 11.1 Å². The summed E-state index contributed by atoms with van der Waals surface area (Å²) >= 11 is 0. The van der Waals surface area contributed by atoms with Crippen molar-refractivity contribution >= 4 is 23.9 Å². The SMILES string of the molecule is C=CC(=O)Oc1ccc(C#Cc2ccc(-c3ccc(OC(=O)C=C)cc3)c(OC(=O)C=C)c2OC(=O)C=C)cc1. The van der Waals surface area contributed by atoms with Crippen LogP contribution < -0.4 is 18.9 Å². The average molecular weight is 535 g/mol. The number of esters is 4. The molecule has 8 nitrogen and oxygen atoms in total. The summed E-state index contributed by atoms with van der Waals surface area (Å²) < 4.78 is 21.1. The molecule has 0 saturated carbocycles. The smallest absolute Gasteiger partial charge is 0.335 e. The highest BCUT2D eigenvalue weighted by Gasteiger charge is 2.21. The molecule has 0 heterocycles. The Kier molecular flexibility index (Phi) is 9.70. The summed E-state index contributed by atoms with van der Waals surface area (Å²) in [5.41, 5.74) is 1.70. The molecule has 0 aromatic heterocycles. The molecule has 40 heavy (non-hydrogen) atoms. The summed E-state index contributed by atoms with van der Waals surface area (Å²) in [7, 11) is 0. The zero-order valence-corrected chi connectivity index (χ0v) is 21.2. The molecule has 198 valence electrons. The molecule has 0 amide bonds. The second-order valence-corrected chi connectivity index (χ2v) is 7.62. The van der Waals surface area contributed by atoms with Gasteiger partial charge in [0.1, 0.15) is 11.5 Å². The first-order chi connectivity index (χ1) is 19.3. The van der Waals surface area contributed by atoms with E-state index < -0.39 is 23.9 Å². The van der Waals surface area contributed by atoms with Crippen LogP contribution >= 0.6 is 0 Å². The van der Waals surface area contributed by atoms with E-state index >= 15 is 0 Å². The molecule has 3 rings (SSSR count). The van der Waals surface area contributed by atoms with Gasteiger partial charge in [0.25, 0.3) is 0 Å². The van der Waals surface area contributed by atoms with E-state index in [9.17, 15) is 19.2 Å². The molecular formula is C32H22O8. The summed E-state index contributed by atoms with van der Waals surface area (Å²) in [6, 6.07) is 15.9. The third kappa shape index (κ3) is 7.54. The van der Waals surface area contributed by atoms with Crippen LogP contribution in [-0.4, -0.2) is 23.9 Å². The number of hydrogen-bond donors (Lipinski definition) is 0. The Labute approximate surface area is 230 Å². The Morgan fingerprint density at radius 3 is 1.48 bits per heavy atom. The molecule has 0 aliphatic carbocycles. The molecule has 0 fully saturated rings. The Bertz CT molecular complexity index is 1570. The standard InChI is InChI=1S/C32H22O8/c1-5-27(33)37-24-16-10-21(11-17-24)9-12-23-15-20-26(22-13-18-25(19-14-22)38-28(34)6-2)32(40-30(36)8-4)31(23)39-29(35)7-3/h5-8,10-11,13-20H,1-4H2. The predicted octanol–water partition coefficient (Wildman–Crippen LogP) is 5.12. The highest BCUT2D eigenvalue weighted by molar-refractivity contribution is 5.90. The van der Waals surface area contributed by atoms with Crippen LogP contribution in [0.1, 0.15) is 11.1 Å². The van der Waals surface area contributed by atoms with Gasteiger partial charge in [-0.3, -0.25) is 0 Å². The minimum absolute atomic E-state index is 0.0885. The maximum atomic E-state index is 12.3. The summed E-state index contributed by atoms with van der Waals surface area (Å²) in [5.74, 6) is 3.37. The third-order valence-corrected chi connectivity index (χ3v) is 4.98. The molecule has 3 aromatic rings. The molecule has 0 bridgehead atoms. The van der Waals surface area contributed by atoms with Gasteiger partial charge in [0.2, 0.25) is 0 Å². The maximum absolute atomic E-state index is 12.3. The molecule has 0 atom stereocenters. The van der Waals surface area contributed by atoms with Gasteiger partial charge in [0, 0.05) is 35.4 Å². The van der Waals surface area contributed by atoms with E-state index in [1.54, 1.807) is 48.5 Å². The molecule has 0 radical (unpaired) electrons. The first-order valence-corrected chi connectivity index (χ1v) is 11.5. The maximum Gasteiger partial charge on any atom is 0.335 e. The molecule has 0 aliphatic rings. The van der Waals surface area contributed by atoms with Gasteiger partial charge in [-0.05, 0) is 54.1 Å². The van der Waals surface area contributed by atoms with E-state index in [0.29, 0.717) is 22.4 Å². The largest absolute Gasteiger partial charge is 0.423 e. The topological polar surface area (TPSA) is 105 Å². The lowest BCUT2D eigenvalue weighted by Crippen LogP contribution is -2.11. The predicted molar refractivity (Wildman–Crippen MR) is 148 cm³/mol. The van der Waals surface area contributed by atoms with Gasteiger partial charge >= 0.3 is 23.9 Å². The van der Waals surface area contributed by atoms with E-state index in [1.165, 1.54) is 12.1 Å².